The van der Waals surface area contributed by atoms with Gasteiger partial charge in [0.1, 0.15) is 4.90 Å². The normalized spacial score (nSPS) is 11.5. The van der Waals surface area contributed by atoms with Crippen molar-refractivity contribution in [1.82, 2.24) is 9.79 Å². The van der Waals surface area contributed by atoms with E-state index in [1.165, 1.54) is 35.1 Å². The third-order valence-corrected chi connectivity index (χ3v) is 4.86. The number of nitrogens with one attached hydrogen (secondary N) is 1. The summed E-state index contributed by atoms with van der Waals surface area (Å²) in [5.41, 5.74) is -0.127. The molecule has 0 aliphatic heterocycles. The average molecular weight is 381 g/mol. The Labute approximate surface area is 146 Å². The van der Waals surface area contributed by atoms with Gasteiger partial charge in [-0.25, -0.2) is 8.42 Å². The van der Waals surface area contributed by atoms with Crippen LogP contribution in [0.15, 0.2) is 23.1 Å². The number of benzene rings is 1. The molecule has 10 heteroatoms. The maximum absolute atomic E-state index is 12.8. The summed E-state index contributed by atoms with van der Waals surface area (Å²) < 4.78 is 33.9. The van der Waals surface area contributed by atoms with Crippen LogP contribution in [0, 0.1) is 0 Å². The molecule has 0 aliphatic rings. The van der Waals surface area contributed by atoms with Crippen molar-refractivity contribution in [2.45, 2.75) is 11.3 Å². The van der Waals surface area contributed by atoms with Crippen LogP contribution in [-0.4, -0.2) is 65.0 Å². The average Bonchev–Trinajstić information content (AvgIpc) is 2.57. The molecule has 8 nitrogen and oxygen atoms in total. The maximum Gasteiger partial charge on any atom is 0.264 e. The second-order valence-electron chi connectivity index (χ2n) is 4.84. The molecule has 0 saturated heterocycles. The Morgan fingerprint density at radius 1 is 1.25 bits per heavy atom. The Bertz CT molecular complexity index is 653. The third kappa shape index (κ3) is 5.40. The number of nitrogens with zero attached hydrogens (tertiary/aromatic N) is 1. The molecular formula is C14H21ClN2O6S. The molecule has 0 saturated carbocycles. The van der Waals surface area contributed by atoms with E-state index in [0.29, 0.717) is 26.2 Å². The highest BCUT2D eigenvalue weighted by Gasteiger charge is 2.27. The zero-order valence-corrected chi connectivity index (χ0v) is 15.1. The summed E-state index contributed by atoms with van der Waals surface area (Å²) in [6.45, 7) is 1.38. The number of ether oxygens (including phenoxy) is 2. The molecule has 0 fully saturated rings. The number of amides is 1. The molecule has 136 valence electrons. The first-order valence-corrected chi connectivity index (χ1v) is 8.96. The summed E-state index contributed by atoms with van der Waals surface area (Å²) in [6.07, 6.45) is 0.576. The van der Waals surface area contributed by atoms with Crippen molar-refractivity contribution in [3.8, 4) is 0 Å². The molecule has 0 heterocycles. The number of hydrogen-bond donors (Lipinski definition) is 2. The van der Waals surface area contributed by atoms with E-state index in [1.54, 1.807) is 7.11 Å². The number of sulfonamides is 1. The molecule has 1 amide bonds. The lowest BCUT2D eigenvalue weighted by Crippen LogP contribution is -2.36. The van der Waals surface area contributed by atoms with Crippen LogP contribution in [0.3, 0.4) is 0 Å². The molecular weight excluding hydrogens is 360 g/mol. The highest BCUT2D eigenvalue weighted by molar-refractivity contribution is 7.89. The van der Waals surface area contributed by atoms with Crippen LogP contribution in [0.1, 0.15) is 16.8 Å². The summed E-state index contributed by atoms with van der Waals surface area (Å²) in [4.78, 5) is 15.0. The van der Waals surface area contributed by atoms with Gasteiger partial charge in [0, 0.05) is 33.9 Å². The fraction of sp³-hybridized carbons (Fsp3) is 0.500. The highest BCUT2D eigenvalue weighted by atomic mass is 35.5. The number of methoxy groups -OCH3 is 2. The van der Waals surface area contributed by atoms with Gasteiger partial charge in [-0.1, -0.05) is 22.6 Å². The van der Waals surface area contributed by atoms with E-state index in [0.717, 1.165) is 0 Å². The van der Waals surface area contributed by atoms with Crippen molar-refractivity contribution in [3.63, 3.8) is 0 Å². The van der Waals surface area contributed by atoms with Crippen LogP contribution in [0.5, 0.6) is 0 Å². The van der Waals surface area contributed by atoms with Gasteiger partial charge in [0.15, 0.2) is 0 Å². The first-order valence-electron chi connectivity index (χ1n) is 7.10. The molecule has 0 aromatic heterocycles. The molecule has 0 spiro atoms. The van der Waals surface area contributed by atoms with Crippen LogP contribution in [-0.2, 0) is 19.5 Å². The van der Waals surface area contributed by atoms with E-state index in [9.17, 15) is 13.2 Å². The molecule has 0 atom stereocenters. The Hall–Kier alpha value is -1.23. The predicted octanol–water partition coefficient (Wildman–Crippen LogP) is 1.13. The van der Waals surface area contributed by atoms with Gasteiger partial charge in [-0.2, -0.15) is 0 Å². The van der Waals surface area contributed by atoms with Crippen molar-refractivity contribution >= 4 is 27.5 Å². The minimum atomic E-state index is -4.31. The molecule has 1 aromatic rings. The standard InChI is InChI=1S/C14H21ClN2O6S/c1-22-9-4-7-17(8-10-23-2)14(18)11-5-3-6-12(15)13(11)24(20,21)16-19/h3,5-6,16,19H,4,7-10H2,1-2H3. The molecule has 0 radical (unpaired) electrons. The van der Waals surface area contributed by atoms with Crippen molar-refractivity contribution in [2.75, 3.05) is 40.5 Å². The van der Waals surface area contributed by atoms with Crippen LogP contribution in [0.25, 0.3) is 0 Å². The van der Waals surface area contributed by atoms with E-state index in [1.807, 2.05) is 0 Å². The Kier molecular flexibility index (Phi) is 8.60. The second-order valence-corrected chi connectivity index (χ2v) is 6.85. The van der Waals surface area contributed by atoms with Gasteiger partial charge in [-0.3, -0.25) is 4.79 Å². The summed E-state index contributed by atoms with van der Waals surface area (Å²) >= 11 is 5.93. The van der Waals surface area contributed by atoms with Gasteiger partial charge in [0.05, 0.1) is 17.2 Å². The predicted molar refractivity (Wildman–Crippen MR) is 87.8 cm³/mol. The maximum atomic E-state index is 12.8. The van der Waals surface area contributed by atoms with E-state index >= 15 is 0 Å². The fourth-order valence-corrected chi connectivity index (χ4v) is 3.42. The fourth-order valence-electron chi connectivity index (χ4n) is 2.08. The smallest absolute Gasteiger partial charge is 0.264 e. The van der Waals surface area contributed by atoms with Gasteiger partial charge in [0.2, 0.25) is 0 Å². The van der Waals surface area contributed by atoms with Crippen LogP contribution >= 0.6 is 11.6 Å². The van der Waals surface area contributed by atoms with E-state index in [-0.39, 0.29) is 17.1 Å². The zero-order chi connectivity index (χ0) is 18.2. The third-order valence-electron chi connectivity index (χ3n) is 3.22. The molecule has 1 aromatic carbocycles. The minimum Gasteiger partial charge on any atom is -0.385 e. The Morgan fingerprint density at radius 2 is 1.92 bits per heavy atom. The van der Waals surface area contributed by atoms with Gasteiger partial charge < -0.3 is 19.6 Å². The number of halogens is 1. The van der Waals surface area contributed by atoms with Crippen molar-refractivity contribution < 1.29 is 27.9 Å². The molecule has 24 heavy (non-hydrogen) atoms. The Morgan fingerprint density at radius 3 is 2.50 bits per heavy atom. The molecule has 2 N–H and O–H groups in total. The second kappa shape index (κ2) is 9.92. The van der Waals surface area contributed by atoms with Crippen LogP contribution in [0.2, 0.25) is 5.02 Å². The summed E-state index contributed by atoms with van der Waals surface area (Å²) in [5, 5.41) is 8.71. The van der Waals surface area contributed by atoms with Crippen LogP contribution < -0.4 is 4.89 Å². The molecule has 1 rings (SSSR count). The van der Waals surface area contributed by atoms with Gasteiger partial charge in [-0.15, -0.1) is 0 Å². The zero-order valence-electron chi connectivity index (χ0n) is 13.5. The van der Waals surface area contributed by atoms with E-state index < -0.39 is 20.8 Å². The molecule has 0 unspecified atom stereocenters. The van der Waals surface area contributed by atoms with Crippen molar-refractivity contribution in [2.24, 2.45) is 0 Å². The first-order chi connectivity index (χ1) is 11.4. The Balaban J connectivity index is 3.20. The molecule has 0 bridgehead atoms. The van der Waals surface area contributed by atoms with E-state index in [4.69, 9.17) is 26.3 Å². The molecule has 0 aliphatic carbocycles. The summed E-state index contributed by atoms with van der Waals surface area (Å²) in [7, 11) is -1.26. The lowest BCUT2D eigenvalue weighted by atomic mass is 10.2. The lowest BCUT2D eigenvalue weighted by molar-refractivity contribution is 0.0670. The number of carbonyl (C=O) groups excluding carboxylic acids is 1. The quantitative estimate of drug-likeness (QED) is 0.465. The number of hydrogen-bond acceptors (Lipinski definition) is 6. The van der Waals surface area contributed by atoms with Crippen molar-refractivity contribution in [1.29, 1.82) is 0 Å². The summed E-state index contributed by atoms with van der Waals surface area (Å²) in [5.74, 6) is -0.528. The lowest BCUT2D eigenvalue weighted by Gasteiger charge is -2.23. The monoisotopic (exact) mass is 380 g/mol. The topological polar surface area (TPSA) is 105 Å². The minimum absolute atomic E-state index is 0.127. The van der Waals surface area contributed by atoms with Crippen LogP contribution in [0.4, 0.5) is 0 Å². The van der Waals surface area contributed by atoms with Gasteiger partial charge in [0.25, 0.3) is 15.9 Å². The highest BCUT2D eigenvalue weighted by Crippen LogP contribution is 2.26. The largest absolute Gasteiger partial charge is 0.385 e. The SMILES string of the molecule is COCCCN(CCOC)C(=O)c1cccc(Cl)c1S(=O)(=O)NO. The number of rotatable bonds is 10. The first kappa shape index (κ1) is 20.8. The van der Waals surface area contributed by atoms with E-state index in [2.05, 4.69) is 0 Å². The number of carbonyl (C=O) groups is 1. The van der Waals surface area contributed by atoms with Gasteiger partial charge >= 0.3 is 0 Å². The van der Waals surface area contributed by atoms with Gasteiger partial charge in [-0.05, 0) is 18.6 Å². The van der Waals surface area contributed by atoms with Crippen molar-refractivity contribution in [3.05, 3.63) is 28.8 Å². The summed E-state index contributed by atoms with van der Waals surface area (Å²) in [6, 6.07) is 4.14.